The monoisotopic (exact) mass is 175 g/mol. The maximum absolute atomic E-state index is 10.1. The zero-order chi connectivity index (χ0) is 7.98. The normalized spacial score (nSPS) is 12.9. The van der Waals surface area contributed by atoms with Gasteiger partial charge in [-0.1, -0.05) is 0 Å². The molecule has 3 nitrogen and oxygen atoms in total. The minimum Gasteiger partial charge on any atom is -0.480 e. The van der Waals surface area contributed by atoms with Crippen molar-refractivity contribution in [2.24, 2.45) is 5.73 Å². The third-order valence-corrected chi connectivity index (χ3v) is 2.70. The first-order chi connectivity index (χ1) is 4.68. The zero-order valence-corrected chi connectivity index (χ0v) is 7.59. The molecule has 1 atom stereocenters. The third-order valence-electron chi connectivity index (χ3n) is 0.877. The average molecular weight is 175 g/mol. The van der Waals surface area contributed by atoms with Crippen molar-refractivity contribution in [3.8, 4) is 0 Å². The molecule has 0 saturated heterocycles. The molecule has 0 aromatic carbocycles. The van der Waals surface area contributed by atoms with Crippen molar-refractivity contribution >= 4 is 34.0 Å². The fourth-order valence-corrected chi connectivity index (χ4v) is 1.59. The highest BCUT2D eigenvalue weighted by molar-refractivity contribution is 7.99. The predicted octanol–water partition coefficient (Wildman–Crippen LogP) is -0.282. The lowest BCUT2D eigenvalue weighted by Gasteiger charge is -2.03. The molecule has 0 aromatic heterocycles. The fraction of sp³-hybridized carbons (Fsp3) is 0.800. The Hall–Kier alpha value is 0.312. The number of hydrogen-bond donors (Lipinski definition) is 2. The number of carbonyl (C=O) groups is 1. The van der Waals surface area contributed by atoms with Crippen molar-refractivity contribution in [2.45, 2.75) is 11.3 Å². The Kier molecular flexibility index (Phi) is 6.24. The molecule has 0 fully saturated rings. The van der Waals surface area contributed by atoms with E-state index in [2.05, 4.69) is 16.3 Å². The summed E-state index contributed by atoms with van der Waals surface area (Å²) in [6, 6.07) is -0.707. The molecule has 0 unspecified atom stereocenters. The van der Waals surface area contributed by atoms with Crippen LogP contribution in [-0.4, -0.2) is 44.9 Å². The van der Waals surface area contributed by atoms with Gasteiger partial charge in [0.2, 0.25) is 0 Å². The third kappa shape index (κ3) is 5.13. The molecule has 5 heteroatoms. The van der Waals surface area contributed by atoms with E-state index in [9.17, 15) is 4.79 Å². The molecule has 0 bridgehead atoms. The summed E-state index contributed by atoms with van der Waals surface area (Å²) in [6.45, 7) is 0. The molecule has 0 spiro atoms. The molecule has 0 aliphatic heterocycles. The molecule has 2 radical (unpaired) electrons. The Balaban J connectivity index is 3.21. The summed E-state index contributed by atoms with van der Waals surface area (Å²) < 4.78 is 0. The van der Waals surface area contributed by atoms with Gasteiger partial charge in [-0.05, 0) is 5.75 Å². The lowest BCUT2D eigenvalue weighted by atomic mass is 10.4. The molecule has 56 valence electrons. The Morgan fingerprint density at radius 1 is 1.80 bits per heavy atom. The quantitative estimate of drug-likeness (QED) is 0.445. The van der Waals surface area contributed by atoms with E-state index in [1.807, 2.05) is 0 Å². The lowest BCUT2D eigenvalue weighted by Crippen LogP contribution is -2.32. The van der Waals surface area contributed by atoms with Gasteiger partial charge in [-0.15, -0.1) is 5.28 Å². The Labute approximate surface area is 72.8 Å². The van der Waals surface area contributed by atoms with Crippen LogP contribution in [0, 0.1) is 0 Å². The molecule has 0 aliphatic carbocycles. The minimum absolute atomic E-state index is 0.504. The summed E-state index contributed by atoms with van der Waals surface area (Å²) in [5.41, 5.74) is 5.23. The van der Waals surface area contributed by atoms with Gasteiger partial charge in [0.15, 0.2) is 0 Å². The van der Waals surface area contributed by atoms with Crippen molar-refractivity contribution < 1.29 is 9.90 Å². The molecule has 0 heterocycles. The van der Waals surface area contributed by atoms with E-state index in [0.717, 1.165) is 11.0 Å². The summed E-state index contributed by atoms with van der Waals surface area (Å²) in [4.78, 5) is 10.1. The Morgan fingerprint density at radius 3 is 2.80 bits per heavy atom. The summed E-state index contributed by atoms with van der Waals surface area (Å²) in [6.07, 6.45) is 0. The van der Waals surface area contributed by atoms with E-state index in [1.54, 1.807) is 11.8 Å². The van der Waals surface area contributed by atoms with E-state index < -0.39 is 12.0 Å². The summed E-state index contributed by atoms with van der Waals surface area (Å²) in [5, 5.41) is 9.32. The van der Waals surface area contributed by atoms with Gasteiger partial charge in [-0.2, -0.15) is 11.8 Å². The van der Waals surface area contributed by atoms with Gasteiger partial charge >= 0.3 is 5.97 Å². The van der Waals surface area contributed by atoms with Crippen LogP contribution in [-0.2, 0) is 4.79 Å². The largest absolute Gasteiger partial charge is 0.480 e. The number of thioether (sulfide) groups is 1. The molecular weight excluding hydrogens is 165 g/mol. The number of aliphatic carboxylic acids is 1. The molecule has 0 saturated carbocycles. The molecule has 0 rings (SSSR count). The number of rotatable bonds is 5. The summed E-state index contributed by atoms with van der Waals surface area (Å²) in [5.74, 6) is 0.534. The highest BCUT2D eigenvalue weighted by Gasteiger charge is 2.09. The van der Waals surface area contributed by atoms with E-state index in [0.29, 0.717) is 5.75 Å². The number of nitrogens with two attached hydrogens (primary N) is 1. The summed E-state index contributed by atoms with van der Waals surface area (Å²) >= 11 is 4.14. The minimum atomic E-state index is -0.920. The van der Waals surface area contributed by atoms with E-state index in [-0.39, 0.29) is 0 Å². The number of hydrogen-bond acceptors (Lipinski definition) is 3. The van der Waals surface area contributed by atoms with Crippen LogP contribution in [0.5, 0.6) is 0 Å². The first kappa shape index (κ1) is 10.3. The smallest absolute Gasteiger partial charge is 0.321 e. The fourth-order valence-electron chi connectivity index (χ4n) is 0.365. The highest BCUT2D eigenvalue weighted by Crippen LogP contribution is 2.02. The second-order valence-corrected chi connectivity index (χ2v) is 3.54. The molecule has 3 N–H and O–H groups in total. The van der Waals surface area contributed by atoms with Crippen molar-refractivity contribution in [1.29, 1.82) is 0 Å². The number of carboxylic acid groups (broad SMARTS) is 1. The van der Waals surface area contributed by atoms with E-state index in [4.69, 9.17) is 10.8 Å². The van der Waals surface area contributed by atoms with Crippen LogP contribution >= 0.6 is 11.8 Å². The van der Waals surface area contributed by atoms with Gasteiger partial charge in [0.25, 0.3) is 0 Å². The van der Waals surface area contributed by atoms with E-state index in [1.165, 1.54) is 0 Å². The average Bonchev–Trinajstić information content (AvgIpc) is 1.88. The second kappa shape index (κ2) is 6.05. The van der Waals surface area contributed by atoms with Gasteiger partial charge in [0.05, 0.1) is 0 Å². The van der Waals surface area contributed by atoms with Crippen molar-refractivity contribution in [3.05, 3.63) is 0 Å². The Bertz CT molecular complexity index is 112. The van der Waals surface area contributed by atoms with Gasteiger partial charge in [-0.3, -0.25) is 4.79 Å². The van der Waals surface area contributed by atoms with Gasteiger partial charge in [0.1, 0.15) is 22.3 Å². The van der Waals surface area contributed by atoms with Crippen molar-refractivity contribution in [1.82, 2.24) is 0 Å². The Morgan fingerprint density at radius 2 is 2.40 bits per heavy atom. The second-order valence-electron chi connectivity index (χ2n) is 1.81. The van der Waals surface area contributed by atoms with Gasteiger partial charge < -0.3 is 10.8 Å². The topological polar surface area (TPSA) is 63.3 Å². The van der Waals surface area contributed by atoms with Gasteiger partial charge in [0, 0.05) is 5.75 Å². The SMILES string of the molecule is N[C@@H](CSC[CH2][Al])C(=O)O. The van der Waals surface area contributed by atoms with Crippen LogP contribution in [0.1, 0.15) is 0 Å². The van der Waals surface area contributed by atoms with Crippen LogP contribution in [0.15, 0.2) is 0 Å². The van der Waals surface area contributed by atoms with Crippen LogP contribution in [0.25, 0.3) is 0 Å². The van der Waals surface area contributed by atoms with Crippen LogP contribution < -0.4 is 5.73 Å². The van der Waals surface area contributed by atoms with Crippen LogP contribution in [0.3, 0.4) is 0 Å². The van der Waals surface area contributed by atoms with Crippen LogP contribution in [0.4, 0.5) is 0 Å². The molecule has 0 aliphatic rings. The standard InChI is InChI=1S/C5H10NO2S.Al/c1-2-9-3-4(6)5(7)8;/h4H,1-3,6H2,(H,7,8);/t4-;/m0./s1. The maximum Gasteiger partial charge on any atom is 0.321 e. The van der Waals surface area contributed by atoms with Crippen LogP contribution in [0.2, 0.25) is 5.28 Å². The zero-order valence-electron chi connectivity index (χ0n) is 5.62. The first-order valence-corrected chi connectivity index (χ1v) is 4.91. The van der Waals surface area contributed by atoms with Crippen molar-refractivity contribution in [3.63, 3.8) is 0 Å². The van der Waals surface area contributed by atoms with Gasteiger partial charge in [-0.25, -0.2) is 0 Å². The van der Waals surface area contributed by atoms with E-state index >= 15 is 0 Å². The maximum atomic E-state index is 10.1. The molecule has 0 aromatic rings. The molecule has 10 heavy (non-hydrogen) atoms. The predicted molar refractivity (Wildman–Crippen MR) is 43.5 cm³/mol. The summed E-state index contributed by atoms with van der Waals surface area (Å²) in [7, 11) is 0. The molecular formula is C5H10AlNO2S. The number of carboxylic acids is 1. The van der Waals surface area contributed by atoms with Crippen molar-refractivity contribution in [2.75, 3.05) is 11.5 Å². The molecule has 0 amide bonds. The highest BCUT2D eigenvalue weighted by atomic mass is 32.2. The lowest BCUT2D eigenvalue weighted by molar-refractivity contribution is -0.137. The first-order valence-electron chi connectivity index (χ1n) is 2.94.